The van der Waals surface area contributed by atoms with Gasteiger partial charge in [0.2, 0.25) is 5.13 Å². The molecule has 7 heteroatoms. The van der Waals surface area contributed by atoms with Crippen LogP contribution < -0.4 is 15.4 Å². The summed E-state index contributed by atoms with van der Waals surface area (Å²) in [5.74, 6) is 0.890. The fourth-order valence-corrected chi connectivity index (χ4v) is 3.73. The van der Waals surface area contributed by atoms with Gasteiger partial charge in [-0.25, -0.2) is 4.79 Å². The number of carbonyl (C=O) groups excluding carboxylic acids is 1. The summed E-state index contributed by atoms with van der Waals surface area (Å²) in [6, 6.07) is 7.84. The van der Waals surface area contributed by atoms with E-state index in [2.05, 4.69) is 26.9 Å². The van der Waals surface area contributed by atoms with Crippen LogP contribution in [-0.2, 0) is 5.41 Å². The normalized spacial score (nSPS) is 16.0. The first-order chi connectivity index (χ1) is 11.2. The first kappa shape index (κ1) is 15.7. The topological polar surface area (TPSA) is 76.1 Å². The highest BCUT2D eigenvalue weighted by Crippen LogP contribution is 2.44. The van der Waals surface area contributed by atoms with Gasteiger partial charge in [0, 0.05) is 17.5 Å². The van der Waals surface area contributed by atoms with Crippen molar-refractivity contribution in [3.63, 3.8) is 0 Å². The van der Waals surface area contributed by atoms with Crippen LogP contribution >= 0.6 is 11.3 Å². The first-order valence-corrected chi connectivity index (χ1v) is 8.56. The third-order valence-electron chi connectivity index (χ3n) is 4.41. The lowest BCUT2D eigenvalue weighted by molar-refractivity contribution is 0.248. The average molecular weight is 332 g/mol. The van der Waals surface area contributed by atoms with Crippen LogP contribution in [0.2, 0.25) is 0 Å². The van der Waals surface area contributed by atoms with E-state index in [1.165, 1.54) is 16.9 Å². The second-order valence-electron chi connectivity index (χ2n) is 5.74. The van der Waals surface area contributed by atoms with Crippen molar-refractivity contribution in [3.8, 4) is 5.75 Å². The van der Waals surface area contributed by atoms with Crippen molar-refractivity contribution in [2.24, 2.45) is 0 Å². The summed E-state index contributed by atoms with van der Waals surface area (Å²) in [5, 5.41) is 13.7. The zero-order valence-corrected chi connectivity index (χ0v) is 13.9. The minimum atomic E-state index is -0.247. The third-order valence-corrected chi connectivity index (χ3v) is 5.01. The van der Waals surface area contributed by atoms with Gasteiger partial charge >= 0.3 is 6.03 Å². The van der Waals surface area contributed by atoms with Crippen molar-refractivity contribution < 1.29 is 9.53 Å². The van der Waals surface area contributed by atoms with Gasteiger partial charge in [0.25, 0.3) is 0 Å². The van der Waals surface area contributed by atoms with Crippen LogP contribution in [0.1, 0.15) is 31.2 Å². The number of carbonyl (C=O) groups is 1. The Kier molecular flexibility index (Phi) is 4.76. The molecule has 0 atom stereocenters. The second kappa shape index (κ2) is 6.95. The van der Waals surface area contributed by atoms with E-state index in [-0.39, 0.29) is 11.4 Å². The van der Waals surface area contributed by atoms with Crippen LogP contribution in [0.15, 0.2) is 29.8 Å². The molecule has 2 N–H and O–H groups in total. The maximum atomic E-state index is 12.1. The molecule has 0 bridgehead atoms. The summed E-state index contributed by atoms with van der Waals surface area (Å²) in [7, 11) is 1.69. The van der Waals surface area contributed by atoms with Crippen molar-refractivity contribution in [3.05, 3.63) is 35.3 Å². The molecular weight excluding hydrogens is 312 g/mol. The lowest BCUT2D eigenvalue weighted by Gasteiger charge is -2.31. The van der Waals surface area contributed by atoms with E-state index in [0.29, 0.717) is 11.7 Å². The zero-order chi connectivity index (χ0) is 16.1. The molecule has 0 spiro atoms. The molecule has 122 valence electrons. The van der Waals surface area contributed by atoms with E-state index in [1.807, 2.05) is 18.2 Å². The number of methoxy groups -OCH3 is 1. The summed E-state index contributed by atoms with van der Waals surface area (Å²) in [6.45, 7) is 0.581. The van der Waals surface area contributed by atoms with Crippen LogP contribution in [0, 0.1) is 0 Å². The van der Waals surface area contributed by atoms with E-state index in [1.54, 1.807) is 12.6 Å². The predicted molar refractivity (Wildman–Crippen MR) is 90.1 cm³/mol. The van der Waals surface area contributed by atoms with Crippen molar-refractivity contribution in [1.29, 1.82) is 0 Å². The molecule has 2 amide bonds. The molecule has 1 aliphatic carbocycles. The third kappa shape index (κ3) is 3.44. The Hall–Kier alpha value is -2.15. The summed E-state index contributed by atoms with van der Waals surface area (Å²) in [6.07, 6.45) is 4.43. The van der Waals surface area contributed by atoms with Crippen LogP contribution in [0.4, 0.5) is 9.93 Å². The quantitative estimate of drug-likeness (QED) is 0.882. The number of ether oxygens (including phenoxy) is 1. The number of urea groups is 1. The highest BCUT2D eigenvalue weighted by atomic mass is 32.1. The summed E-state index contributed by atoms with van der Waals surface area (Å²) < 4.78 is 5.53. The number of benzene rings is 1. The van der Waals surface area contributed by atoms with Crippen LogP contribution in [-0.4, -0.2) is 29.9 Å². The Morgan fingerprint density at radius 3 is 2.83 bits per heavy atom. The second-order valence-corrected chi connectivity index (χ2v) is 6.57. The largest absolute Gasteiger partial charge is 0.496 e. The van der Waals surface area contributed by atoms with E-state index in [0.717, 1.165) is 31.4 Å². The SMILES string of the molecule is COc1ccccc1C1(CNC(=O)Nc2nncs2)CCCC1. The van der Waals surface area contributed by atoms with Gasteiger partial charge in [-0.05, 0) is 18.9 Å². The molecule has 1 aliphatic rings. The molecule has 0 saturated heterocycles. The van der Waals surface area contributed by atoms with Gasteiger partial charge in [0.15, 0.2) is 0 Å². The number of rotatable bonds is 5. The molecule has 1 aromatic carbocycles. The van der Waals surface area contributed by atoms with Gasteiger partial charge in [-0.3, -0.25) is 5.32 Å². The molecule has 1 aromatic heterocycles. The van der Waals surface area contributed by atoms with Gasteiger partial charge in [-0.2, -0.15) is 0 Å². The monoisotopic (exact) mass is 332 g/mol. The van der Waals surface area contributed by atoms with Crippen LogP contribution in [0.3, 0.4) is 0 Å². The highest BCUT2D eigenvalue weighted by molar-refractivity contribution is 7.13. The van der Waals surface area contributed by atoms with Crippen molar-refractivity contribution in [2.75, 3.05) is 19.0 Å². The molecule has 1 saturated carbocycles. The fraction of sp³-hybridized carbons (Fsp3) is 0.438. The molecule has 23 heavy (non-hydrogen) atoms. The minimum absolute atomic E-state index is 0.0644. The Labute approximate surface area is 139 Å². The Bertz CT molecular complexity index is 654. The van der Waals surface area contributed by atoms with Gasteiger partial charge in [0.05, 0.1) is 7.11 Å². The maximum Gasteiger partial charge on any atom is 0.321 e. The number of anilines is 1. The van der Waals surface area contributed by atoms with Gasteiger partial charge in [-0.1, -0.05) is 42.4 Å². The average Bonchev–Trinajstić information content (AvgIpc) is 3.25. The lowest BCUT2D eigenvalue weighted by Crippen LogP contribution is -2.41. The van der Waals surface area contributed by atoms with Crippen LogP contribution in [0.5, 0.6) is 5.75 Å². The van der Waals surface area contributed by atoms with E-state index >= 15 is 0 Å². The van der Waals surface area contributed by atoms with Crippen LogP contribution in [0.25, 0.3) is 0 Å². The summed E-state index contributed by atoms with van der Waals surface area (Å²) >= 11 is 1.30. The van der Waals surface area contributed by atoms with E-state index in [9.17, 15) is 4.79 Å². The zero-order valence-electron chi connectivity index (χ0n) is 13.0. The van der Waals surface area contributed by atoms with E-state index < -0.39 is 0 Å². The molecule has 6 nitrogen and oxygen atoms in total. The Balaban J connectivity index is 1.72. The predicted octanol–water partition coefficient (Wildman–Crippen LogP) is 3.18. The molecule has 0 radical (unpaired) electrons. The molecule has 3 rings (SSSR count). The van der Waals surface area contributed by atoms with Crippen molar-refractivity contribution in [2.45, 2.75) is 31.1 Å². The molecule has 0 aliphatic heterocycles. The number of hydrogen-bond acceptors (Lipinski definition) is 5. The standard InChI is InChI=1S/C16H20N4O2S/c1-22-13-7-3-2-6-12(13)16(8-4-5-9-16)10-17-14(21)19-15-20-18-11-23-15/h2-3,6-7,11H,4-5,8-10H2,1H3,(H2,17,19,20,21). The molecule has 1 fully saturated rings. The van der Waals surface area contributed by atoms with Gasteiger partial charge in [-0.15, -0.1) is 10.2 Å². The molecule has 1 heterocycles. The van der Waals surface area contributed by atoms with Gasteiger partial charge in [0.1, 0.15) is 11.3 Å². The Morgan fingerprint density at radius 1 is 1.35 bits per heavy atom. The minimum Gasteiger partial charge on any atom is -0.496 e. The lowest BCUT2D eigenvalue weighted by atomic mass is 9.78. The van der Waals surface area contributed by atoms with Crippen molar-refractivity contribution in [1.82, 2.24) is 15.5 Å². The number of hydrogen-bond donors (Lipinski definition) is 2. The maximum absolute atomic E-state index is 12.1. The molecule has 2 aromatic rings. The number of nitrogens with one attached hydrogen (secondary N) is 2. The molecule has 0 unspecified atom stereocenters. The molecular formula is C16H20N4O2S. The fourth-order valence-electron chi connectivity index (χ4n) is 3.29. The number of aromatic nitrogens is 2. The smallest absolute Gasteiger partial charge is 0.321 e. The number of amides is 2. The Morgan fingerprint density at radius 2 is 2.13 bits per heavy atom. The highest BCUT2D eigenvalue weighted by Gasteiger charge is 2.38. The van der Waals surface area contributed by atoms with E-state index in [4.69, 9.17) is 4.74 Å². The van der Waals surface area contributed by atoms with Crippen molar-refractivity contribution >= 4 is 22.5 Å². The van der Waals surface area contributed by atoms with Gasteiger partial charge < -0.3 is 10.1 Å². The number of nitrogens with zero attached hydrogens (tertiary/aromatic N) is 2. The summed E-state index contributed by atoms with van der Waals surface area (Å²) in [5.41, 5.74) is 2.70. The number of para-hydroxylation sites is 1. The first-order valence-electron chi connectivity index (χ1n) is 7.68. The summed E-state index contributed by atoms with van der Waals surface area (Å²) in [4.78, 5) is 12.1.